The molecule has 0 bridgehead atoms. The summed E-state index contributed by atoms with van der Waals surface area (Å²) in [5.74, 6) is 0.639. The van der Waals surface area contributed by atoms with Gasteiger partial charge in [-0.15, -0.1) is 0 Å². The van der Waals surface area contributed by atoms with E-state index in [-0.39, 0.29) is 0 Å². The predicted molar refractivity (Wildman–Crippen MR) is 246 cm³/mol. The third-order valence-corrected chi connectivity index (χ3v) is 11.6. The van der Waals surface area contributed by atoms with Crippen LogP contribution >= 0.6 is 0 Å². The maximum atomic E-state index is 6.38. The maximum Gasteiger partial charge on any atom is 0.161 e. The van der Waals surface area contributed by atoms with Crippen LogP contribution in [0.3, 0.4) is 0 Å². The van der Waals surface area contributed by atoms with Crippen LogP contribution in [0.1, 0.15) is 0 Å². The van der Waals surface area contributed by atoms with E-state index in [4.69, 9.17) is 19.4 Å². The summed E-state index contributed by atoms with van der Waals surface area (Å²) in [5.41, 5.74) is 14.7. The van der Waals surface area contributed by atoms with Crippen LogP contribution in [0.5, 0.6) is 0 Å². The van der Waals surface area contributed by atoms with Gasteiger partial charge in [0.1, 0.15) is 11.1 Å². The van der Waals surface area contributed by atoms with E-state index >= 15 is 0 Å². The zero-order valence-corrected chi connectivity index (χ0v) is 32.3. The molecule has 12 rings (SSSR count). The quantitative estimate of drug-likeness (QED) is 0.169. The van der Waals surface area contributed by atoms with Gasteiger partial charge in [-0.05, 0) is 65.7 Å². The normalized spacial score (nSPS) is 11.7. The first kappa shape index (κ1) is 33.9. The molecule has 0 aliphatic heterocycles. The summed E-state index contributed by atoms with van der Waals surface area (Å²) in [5, 5.41) is 5.53. The lowest BCUT2D eigenvalue weighted by molar-refractivity contribution is 0.672. The highest BCUT2D eigenvalue weighted by atomic mass is 16.3. The van der Waals surface area contributed by atoms with Crippen molar-refractivity contribution in [2.45, 2.75) is 0 Å². The number of fused-ring (bicyclic) bond motifs is 8. The standard InChI is InChI=1S/C55H34N4O/c1-2-14-35(15-3-1)37-16-12-17-38(32-37)48-34-47(36-28-30-41(31-29-36)59-49-25-9-6-20-42(49)43-21-7-10-26-50(43)59)56-55(57-48)40-19-13-18-39(33-40)52-44-22-4-5-23-45(44)54-53(58-52)46-24-8-11-27-51(46)60-54/h1-34H. The Balaban J connectivity index is 1.02. The number of hydrogen-bond donors (Lipinski definition) is 0. The lowest BCUT2D eigenvalue weighted by Crippen LogP contribution is -1.97. The topological polar surface area (TPSA) is 56.7 Å². The second-order valence-corrected chi connectivity index (χ2v) is 15.2. The fraction of sp³-hybridized carbons (Fsp3) is 0. The van der Waals surface area contributed by atoms with Crippen molar-refractivity contribution in [3.8, 4) is 62.0 Å². The Hall–Kier alpha value is -8.15. The molecule has 5 heteroatoms. The molecule has 0 unspecified atom stereocenters. The van der Waals surface area contributed by atoms with Crippen molar-refractivity contribution < 1.29 is 4.42 Å². The minimum atomic E-state index is 0.639. The van der Waals surface area contributed by atoms with Crippen molar-refractivity contribution in [3.05, 3.63) is 206 Å². The molecule has 0 radical (unpaired) electrons. The van der Waals surface area contributed by atoms with Crippen molar-refractivity contribution >= 4 is 54.6 Å². The Morgan fingerprint density at radius 1 is 0.350 bits per heavy atom. The lowest BCUT2D eigenvalue weighted by Gasteiger charge is -2.13. The van der Waals surface area contributed by atoms with E-state index in [1.165, 1.54) is 21.8 Å². The summed E-state index contributed by atoms with van der Waals surface area (Å²) in [6.07, 6.45) is 0. The van der Waals surface area contributed by atoms with Gasteiger partial charge in [0.15, 0.2) is 11.4 Å². The van der Waals surface area contributed by atoms with Gasteiger partial charge < -0.3 is 8.98 Å². The molecule has 0 saturated carbocycles. The van der Waals surface area contributed by atoms with Crippen LogP contribution in [-0.4, -0.2) is 19.5 Å². The summed E-state index contributed by atoms with van der Waals surface area (Å²) in [4.78, 5) is 15.9. The van der Waals surface area contributed by atoms with Crippen molar-refractivity contribution in [2.75, 3.05) is 0 Å². The van der Waals surface area contributed by atoms with Crippen molar-refractivity contribution in [3.63, 3.8) is 0 Å². The molecule has 0 N–H and O–H groups in total. The smallest absolute Gasteiger partial charge is 0.161 e. The van der Waals surface area contributed by atoms with Crippen LogP contribution in [0.2, 0.25) is 0 Å². The van der Waals surface area contributed by atoms with Crippen LogP contribution in [0.4, 0.5) is 0 Å². The second-order valence-electron chi connectivity index (χ2n) is 15.2. The van der Waals surface area contributed by atoms with Gasteiger partial charge in [0.2, 0.25) is 0 Å². The summed E-state index contributed by atoms with van der Waals surface area (Å²) >= 11 is 0. The fourth-order valence-corrected chi connectivity index (χ4v) is 8.75. The monoisotopic (exact) mass is 766 g/mol. The molecule has 5 nitrogen and oxygen atoms in total. The van der Waals surface area contributed by atoms with E-state index in [1.807, 2.05) is 24.3 Å². The Kier molecular flexibility index (Phi) is 7.78. The molecule has 0 aliphatic rings. The van der Waals surface area contributed by atoms with Gasteiger partial charge in [0.05, 0.1) is 28.1 Å². The Labute approximate surface area is 345 Å². The average molecular weight is 767 g/mol. The number of nitrogens with zero attached hydrogens (tertiary/aromatic N) is 4. The van der Waals surface area contributed by atoms with Crippen LogP contribution in [-0.2, 0) is 0 Å². The first-order valence-corrected chi connectivity index (χ1v) is 20.2. The van der Waals surface area contributed by atoms with Gasteiger partial charge in [-0.3, -0.25) is 0 Å². The molecule has 0 fully saturated rings. The summed E-state index contributed by atoms with van der Waals surface area (Å²) in [7, 11) is 0. The molecule has 0 aliphatic carbocycles. The number of hydrogen-bond acceptors (Lipinski definition) is 4. The van der Waals surface area contributed by atoms with E-state index in [2.05, 4.69) is 187 Å². The molecule has 0 spiro atoms. The minimum Gasteiger partial charge on any atom is -0.454 e. The largest absolute Gasteiger partial charge is 0.454 e. The number of para-hydroxylation sites is 3. The first-order valence-electron chi connectivity index (χ1n) is 20.2. The molecule has 280 valence electrons. The zero-order valence-electron chi connectivity index (χ0n) is 32.3. The molecule has 4 aromatic heterocycles. The second kappa shape index (κ2) is 13.8. The Morgan fingerprint density at radius 2 is 0.900 bits per heavy atom. The number of rotatable bonds is 6. The van der Waals surface area contributed by atoms with Gasteiger partial charge in [-0.25, -0.2) is 15.0 Å². The highest BCUT2D eigenvalue weighted by Crippen LogP contribution is 2.39. The molecular weight excluding hydrogens is 733 g/mol. The number of aromatic nitrogens is 4. The molecule has 0 atom stereocenters. The van der Waals surface area contributed by atoms with Crippen molar-refractivity contribution in [1.82, 2.24) is 19.5 Å². The van der Waals surface area contributed by atoms with E-state index in [1.54, 1.807) is 0 Å². The zero-order chi connectivity index (χ0) is 39.6. The fourth-order valence-electron chi connectivity index (χ4n) is 8.75. The van der Waals surface area contributed by atoms with Crippen molar-refractivity contribution in [2.24, 2.45) is 0 Å². The van der Waals surface area contributed by atoms with Crippen LogP contribution < -0.4 is 0 Å². The van der Waals surface area contributed by atoms with Gasteiger partial charge in [-0.2, -0.15) is 0 Å². The highest BCUT2D eigenvalue weighted by molar-refractivity contribution is 6.16. The van der Waals surface area contributed by atoms with Crippen LogP contribution in [0, 0.1) is 0 Å². The van der Waals surface area contributed by atoms with Gasteiger partial charge in [-0.1, -0.05) is 152 Å². The first-order chi connectivity index (χ1) is 29.7. The molecule has 60 heavy (non-hydrogen) atoms. The highest BCUT2D eigenvalue weighted by Gasteiger charge is 2.18. The Morgan fingerprint density at radius 3 is 1.65 bits per heavy atom. The molecule has 4 heterocycles. The third-order valence-electron chi connectivity index (χ3n) is 11.6. The molecule has 0 saturated heterocycles. The van der Waals surface area contributed by atoms with E-state index in [0.717, 1.165) is 89.0 Å². The van der Waals surface area contributed by atoms with E-state index in [0.29, 0.717) is 5.82 Å². The van der Waals surface area contributed by atoms with Gasteiger partial charge >= 0.3 is 0 Å². The van der Waals surface area contributed by atoms with Crippen LogP contribution in [0.15, 0.2) is 211 Å². The summed E-state index contributed by atoms with van der Waals surface area (Å²) in [6, 6.07) is 72.0. The summed E-state index contributed by atoms with van der Waals surface area (Å²) in [6.45, 7) is 0. The van der Waals surface area contributed by atoms with E-state index in [9.17, 15) is 0 Å². The molecule has 8 aromatic carbocycles. The minimum absolute atomic E-state index is 0.639. The van der Waals surface area contributed by atoms with Gasteiger partial charge in [0, 0.05) is 54.9 Å². The average Bonchev–Trinajstić information content (AvgIpc) is 3.88. The molecular formula is C55H34N4O. The van der Waals surface area contributed by atoms with Crippen molar-refractivity contribution in [1.29, 1.82) is 0 Å². The Bertz CT molecular complexity index is 3550. The molecule has 12 aromatic rings. The van der Waals surface area contributed by atoms with E-state index < -0.39 is 0 Å². The SMILES string of the molecule is c1ccc(-c2cccc(-c3cc(-c4ccc(-n5c6ccccc6c6ccccc65)cc4)nc(-c4cccc(-c5nc6c7ccccc7oc6c6ccccc56)c4)n3)c2)cc1. The van der Waals surface area contributed by atoms with Crippen LogP contribution in [0.25, 0.3) is 117 Å². The summed E-state index contributed by atoms with van der Waals surface area (Å²) < 4.78 is 8.72. The maximum absolute atomic E-state index is 6.38. The van der Waals surface area contributed by atoms with Gasteiger partial charge in [0.25, 0.3) is 0 Å². The number of benzene rings is 8. The predicted octanol–water partition coefficient (Wildman–Crippen LogP) is 14.4. The molecule has 0 amide bonds. The lowest BCUT2D eigenvalue weighted by atomic mass is 9.99. The third kappa shape index (κ3) is 5.59. The number of pyridine rings is 1. The number of furan rings is 1.